The van der Waals surface area contributed by atoms with Crippen molar-refractivity contribution in [2.24, 2.45) is 0 Å². The van der Waals surface area contributed by atoms with Gasteiger partial charge in [-0.15, -0.1) is 0 Å². The van der Waals surface area contributed by atoms with Crippen LogP contribution in [0.4, 0.5) is 0 Å². The minimum atomic E-state index is -1.80. The van der Waals surface area contributed by atoms with E-state index in [9.17, 15) is 55.9 Å². The lowest BCUT2D eigenvalue weighted by Crippen LogP contribution is -2.62. The molecule has 4 heterocycles. The summed E-state index contributed by atoms with van der Waals surface area (Å²) in [5.74, 6) is -1.81. The summed E-state index contributed by atoms with van der Waals surface area (Å²) < 4.78 is 39.9. The van der Waals surface area contributed by atoms with Crippen molar-refractivity contribution in [1.29, 1.82) is 0 Å². The second-order valence-corrected chi connectivity index (χ2v) is 12.4. The highest BCUT2D eigenvalue weighted by molar-refractivity contribution is 5.88. The molecule has 3 aliphatic heterocycles. The standard InChI is InChI=1S/C32H38O18/c1-10-19(36)23(40)26(43)31(45-10)49-28-22(39)18-15(34)7-14(8-17(18)48-27(28)12-3-5-13(33)6-4-12)47-32-29(24(41)20(37)11(2)46-32)50-30-25(42)21(38)16(35)9-44-30/h3-8,10-11,16,19-21,23-26,29-38,40-43H,9H2,1-2H3/t10-,11-,16+,19-,20-,21-,23+,24+,25+,26+,29+,30-,31-,32-/m0/s1. The Bertz CT molecular complexity index is 1710. The van der Waals surface area contributed by atoms with Crippen molar-refractivity contribution >= 4 is 11.0 Å². The first kappa shape index (κ1) is 36.2. The van der Waals surface area contributed by atoms with Gasteiger partial charge in [0.25, 0.3) is 0 Å². The van der Waals surface area contributed by atoms with Gasteiger partial charge in [-0.3, -0.25) is 4.79 Å². The maximum absolute atomic E-state index is 13.9. The maximum Gasteiger partial charge on any atom is 0.239 e. The van der Waals surface area contributed by atoms with Crippen LogP contribution in [0.5, 0.6) is 23.0 Å². The summed E-state index contributed by atoms with van der Waals surface area (Å²) in [6.45, 7) is 2.43. The summed E-state index contributed by atoms with van der Waals surface area (Å²) in [4.78, 5) is 13.9. The number of benzene rings is 2. The minimum absolute atomic E-state index is 0.118. The van der Waals surface area contributed by atoms with E-state index in [1.54, 1.807) is 0 Å². The lowest BCUT2D eigenvalue weighted by atomic mass is 9.99. The number of phenols is 2. The molecule has 0 spiro atoms. The Morgan fingerprint density at radius 3 is 2.00 bits per heavy atom. The van der Waals surface area contributed by atoms with Crippen LogP contribution in [0.25, 0.3) is 22.3 Å². The topological polar surface area (TPSA) is 288 Å². The van der Waals surface area contributed by atoms with Crippen LogP contribution in [0.15, 0.2) is 45.6 Å². The number of aliphatic hydroxyl groups is 8. The van der Waals surface area contributed by atoms with Gasteiger partial charge in [-0.05, 0) is 38.1 Å². The normalized spacial score (nSPS) is 37.8. The molecule has 0 bridgehead atoms. The summed E-state index contributed by atoms with van der Waals surface area (Å²) in [6.07, 6.45) is -21.4. The predicted molar refractivity (Wildman–Crippen MR) is 164 cm³/mol. The number of rotatable bonds is 7. The van der Waals surface area contributed by atoms with Gasteiger partial charge >= 0.3 is 0 Å². The predicted octanol–water partition coefficient (Wildman–Crippen LogP) is -2.25. The summed E-state index contributed by atoms with van der Waals surface area (Å²) in [6, 6.07) is 7.55. The Hall–Kier alpha value is -3.63. The molecular weight excluding hydrogens is 672 g/mol. The van der Waals surface area contributed by atoms with Gasteiger partial charge in [0.15, 0.2) is 18.2 Å². The van der Waals surface area contributed by atoms with Gasteiger partial charge in [-0.25, -0.2) is 0 Å². The minimum Gasteiger partial charge on any atom is -0.508 e. The molecule has 14 atom stereocenters. The van der Waals surface area contributed by atoms with Gasteiger partial charge < -0.3 is 83.9 Å². The third kappa shape index (κ3) is 6.73. The fourth-order valence-electron chi connectivity index (χ4n) is 5.89. The summed E-state index contributed by atoms with van der Waals surface area (Å²) in [7, 11) is 0. The molecule has 3 aliphatic rings. The number of fused-ring (bicyclic) bond motifs is 1. The lowest BCUT2D eigenvalue weighted by Gasteiger charge is -2.44. The fourth-order valence-corrected chi connectivity index (χ4v) is 5.89. The number of hydrogen-bond acceptors (Lipinski definition) is 18. The molecule has 3 fully saturated rings. The Labute approximate surface area is 282 Å². The van der Waals surface area contributed by atoms with Gasteiger partial charge in [-0.2, -0.15) is 0 Å². The van der Waals surface area contributed by atoms with Crippen LogP contribution in [0.2, 0.25) is 0 Å². The zero-order chi connectivity index (χ0) is 36.2. The molecule has 3 aromatic rings. The molecular formula is C32H38O18. The quantitative estimate of drug-likeness (QED) is 0.124. The third-order valence-corrected chi connectivity index (χ3v) is 8.86. The molecule has 0 amide bonds. The van der Waals surface area contributed by atoms with Crippen LogP contribution in [0.1, 0.15) is 13.8 Å². The van der Waals surface area contributed by atoms with Gasteiger partial charge in [0.2, 0.25) is 23.8 Å². The molecule has 10 N–H and O–H groups in total. The van der Waals surface area contributed by atoms with E-state index in [1.165, 1.54) is 44.2 Å². The van der Waals surface area contributed by atoms with Crippen molar-refractivity contribution in [3.63, 3.8) is 0 Å². The number of phenolic OH excluding ortho intramolecular Hbond substituents is 2. The van der Waals surface area contributed by atoms with Crippen molar-refractivity contribution in [3.8, 4) is 34.3 Å². The molecule has 274 valence electrons. The van der Waals surface area contributed by atoms with Crippen LogP contribution in [0.3, 0.4) is 0 Å². The monoisotopic (exact) mass is 710 g/mol. The van der Waals surface area contributed by atoms with Crippen LogP contribution in [-0.4, -0.2) is 144 Å². The first-order chi connectivity index (χ1) is 23.7. The highest BCUT2D eigenvalue weighted by Gasteiger charge is 2.49. The Morgan fingerprint density at radius 2 is 1.32 bits per heavy atom. The SMILES string of the molecule is C[C@@H]1O[C@@H](Oc2c(-c3ccc(O)cc3)oc3cc(O[C@@H]4O[C@@H](C)[C@H](O)[C@@H](O)[C@H]4O[C@@H]4OC[C@@H](O)[C@H](O)[C@H]4O)cc(O)c3c2=O)[C@H](O)[C@H](O)[C@H]1O. The molecule has 18 heteroatoms. The number of hydrogen-bond donors (Lipinski definition) is 10. The van der Waals surface area contributed by atoms with Crippen molar-refractivity contribution in [3.05, 3.63) is 46.6 Å². The Kier molecular flexibility index (Phi) is 10.3. The van der Waals surface area contributed by atoms with E-state index in [1.807, 2.05) is 0 Å². The number of ether oxygens (including phenoxy) is 6. The summed E-state index contributed by atoms with van der Waals surface area (Å²) in [5, 5.41) is 103. The number of aromatic hydroxyl groups is 2. The molecule has 0 radical (unpaired) electrons. The van der Waals surface area contributed by atoms with Gasteiger partial charge in [0.05, 0.1) is 18.8 Å². The average Bonchev–Trinajstić information content (AvgIpc) is 3.08. The van der Waals surface area contributed by atoms with Crippen molar-refractivity contribution in [2.75, 3.05) is 6.61 Å². The van der Waals surface area contributed by atoms with E-state index in [-0.39, 0.29) is 28.4 Å². The van der Waals surface area contributed by atoms with Crippen LogP contribution in [-0.2, 0) is 18.9 Å². The van der Waals surface area contributed by atoms with Crippen LogP contribution in [0, 0.1) is 0 Å². The Morgan fingerprint density at radius 1 is 0.700 bits per heavy atom. The molecule has 1 aromatic heterocycles. The average molecular weight is 711 g/mol. The first-order valence-corrected chi connectivity index (χ1v) is 15.6. The third-order valence-electron chi connectivity index (χ3n) is 8.86. The second-order valence-electron chi connectivity index (χ2n) is 12.4. The molecule has 0 saturated carbocycles. The number of aliphatic hydroxyl groups excluding tert-OH is 8. The van der Waals surface area contributed by atoms with E-state index in [0.717, 1.165) is 6.07 Å². The van der Waals surface area contributed by atoms with E-state index in [4.69, 9.17) is 32.8 Å². The smallest absolute Gasteiger partial charge is 0.239 e. The Balaban J connectivity index is 1.37. The molecule has 0 unspecified atom stereocenters. The van der Waals surface area contributed by atoms with E-state index in [0.29, 0.717) is 0 Å². The molecule has 18 nitrogen and oxygen atoms in total. The molecule has 6 rings (SSSR count). The first-order valence-electron chi connectivity index (χ1n) is 15.6. The van der Waals surface area contributed by atoms with Crippen LogP contribution >= 0.6 is 0 Å². The summed E-state index contributed by atoms with van der Waals surface area (Å²) >= 11 is 0. The maximum atomic E-state index is 13.9. The second kappa shape index (κ2) is 14.2. The van der Waals surface area contributed by atoms with Crippen molar-refractivity contribution < 1.29 is 83.9 Å². The summed E-state index contributed by atoms with van der Waals surface area (Å²) in [5.41, 5.74) is -1.02. The zero-order valence-electron chi connectivity index (χ0n) is 26.5. The van der Waals surface area contributed by atoms with E-state index >= 15 is 0 Å². The molecule has 50 heavy (non-hydrogen) atoms. The highest BCUT2D eigenvalue weighted by Crippen LogP contribution is 2.39. The van der Waals surface area contributed by atoms with Crippen LogP contribution < -0.4 is 14.9 Å². The highest BCUT2D eigenvalue weighted by atomic mass is 16.8. The van der Waals surface area contributed by atoms with E-state index < -0.39 is 115 Å². The van der Waals surface area contributed by atoms with Gasteiger partial charge in [0, 0.05) is 17.7 Å². The molecule has 0 aliphatic carbocycles. The van der Waals surface area contributed by atoms with Crippen molar-refractivity contribution in [1.82, 2.24) is 0 Å². The molecule has 2 aromatic carbocycles. The zero-order valence-corrected chi connectivity index (χ0v) is 26.5. The van der Waals surface area contributed by atoms with E-state index in [2.05, 4.69) is 0 Å². The fraction of sp³-hybridized carbons (Fsp3) is 0.531. The van der Waals surface area contributed by atoms with Gasteiger partial charge in [-0.1, -0.05) is 0 Å². The largest absolute Gasteiger partial charge is 0.508 e. The lowest BCUT2D eigenvalue weighted by molar-refractivity contribution is -0.341. The van der Waals surface area contributed by atoms with Crippen molar-refractivity contribution in [2.45, 2.75) is 99.9 Å². The van der Waals surface area contributed by atoms with Gasteiger partial charge in [0.1, 0.15) is 77.0 Å². The molecule has 3 saturated heterocycles.